The van der Waals surface area contributed by atoms with Crippen LogP contribution in [0.15, 0.2) is 59.4 Å². The standard InChI is InChI=1S/C25H21N7O2/c33-25(28-22-7-1-4-17(27-22)24-30-29-23-8-3-11-32(23)24)21-12-16-19(5-2-6-20(16)34-21)31-13-18(26-14-31)15-9-10-15/h1-2,4-7,12-15H,3,8-11H2,(H,27,28,33). The number of rotatable bonds is 5. The summed E-state index contributed by atoms with van der Waals surface area (Å²) in [4.78, 5) is 22.2. The van der Waals surface area contributed by atoms with Gasteiger partial charge in [0.05, 0.1) is 17.7 Å². The SMILES string of the molecule is O=C(Nc1cccc(-c2nnc3n2CCC3)n1)c1cc2c(-n3cnc(C4CC4)c3)cccc2o1. The molecule has 1 amide bonds. The van der Waals surface area contributed by atoms with Crippen LogP contribution in [0.4, 0.5) is 5.82 Å². The van der Waals surface area contributed by atoms with E-state index in [1.165, 1.54) is 12.8 Å². The number of imidazole rings is 1. The van der Waals surface area contributed by atoms with Gasteiger partial charge in [0.25, 0.3) is 5.91 Å². The zero-order valence-electron chi connectivity index (χ0n) is 18.3. The van der Waals surface area contributed by atoms with Crippen LogP contribution < -0.4 is 5.32 Å². The number of nitrogens with one attached hydrogen (secondary N) is 1. The molecule has 1 aromatic carbocycles. The largest absolute Gasteiger partial charge is 0.451 e. The number of carbonyl (C=O) groups is 1. The van der Waals surface area contributed by atoms with Crippen LogP contribution in [0.2, 0.25) is 0 Å². The zero-order valence-corrected chi connectivity index (χ0v) is 18.3. The minimum absolute atomic E-state index is 0.223. The normalized spacial score (nSPS) is 15.1. The number of furan rings is 1. The Morgan fingerprint density at radius 1 is 1.12 bits per heavy atom. The molecule has 1 aliphatic carbocycles. The van der Waals surface area contributed by atoms with Crippen LogP contribution in [-0.2, 0) is 13.0 Å². The Morgan fingerprint density at radius 2 is 2.03 bits per heavy atom. The van der Waals surface area contributed by atoms with E-state index in [9.17, 15) is 4.79 Å². The molecular weight excluding hydrogens is 430 g/mol. The maximum absolute atomic E-state index is 13.0. The van der Waals surface area contributed by atoms with Crippen molar-refractivity contribution in [1.29, 1.82) is 0 Å². The first-order chi connectivity index (χ1) is 16.7. The number of amides is 1. The van der Waals surface area contributed by atoms with Gasteiger partial charge in [-0.05, 0) is 49.6 Å². The third kappa shape index (κ3) is 3.20. The monoisotopic (exact) mass is 451 g/mol. The quantitative estimate of drug-likeness (QED) is 0.426. The number of aryl methyl sites for hydroxylation is 1. The second-order valence-electron chi connectivity index (χ2n) is 8.84. The van der Waals surface area contributed by atoms with Crippen molar-refractivity contribution in [2.24, 2.45) is 0 Å². The smallest absolute Gasteiger partial charge is 0.292 e. The fourth-order valence-electron chi connectivity index (χ4n) is 4.59. The van der Waals surface area contributed by atoms with Crippen molar-refractivity contribution in [3.8, 4) is 17.2 Å². The van der Waals surface area contributed by atoms with Gasteiger partial charge in [-0.1, -0.05) is 12.1 Å². The number of nitrogens with zero attached hydrogens (tertiary/aromatic N) is 6. The van der Waals surface area contributed by atoms with E-state index < -0.39 is 0 Å². The van der Waals surface area contributed by atoms with Crippen LogP contribution in [0, 0.1) is 0 Å². The molecular formula is C25H21N7O2. The summed E-state index contributed by atoms with van der Waals surface area (Å²) in [5.74, 6) is 2.58. The molecule has 9 heteroatoms. The molecule has 5 aromatic rings. The third-order valence-electron chi connectivity index (χ3n) is 6.47. The topological polar surface area (TPSA) is 104 Å². The summed E-state index contributed by atoms with van der Waals surface area (Å²) in [5.41, 5.74) is 3.37. The number of aromatic nitrogens is 6. The molecule has 2 aliphatic rings. The highest BCUT2D eigenvalue weighted by Crippen LogP contribution is 2.39. The summed E-state index contributed by atoms with van der Waals surface area (Å²) in [7, 11) is 0. The number of hydrogen-bond acceptors (Lipinski definition) is 6. The fraction of sp³-hybridized carbons (Fsp3) is 0.240. The highest BCUT2D eigenvalue weighted by Gasteiger charge is 2.26. The van der Waals surface area contributed by atoms with Crippen molar-refractivity contribution >= 4 is 22.7 Å². The van der Waals surface area contributed by atoms with Gasteiger partial charge in [-0.15, -0.1) is 10.2 Å². The Balaban J connectivity index is 1.17. The second kappa shape index (κ2) is 7.38. The Labute approximate surface area is 194 Å². The summed E-state index contributed by atoms with van der Waals surface area (Å²) in [5, 5.41) is 12.2. The minimum Gasteiger partial charge on any atom is -0.451 e. The molecule has 7 rings (SSSR count). The van der Waals surface area contributed by atoms with Crippen LogP contribution in [0.25, 0.3) is 28.2 Å². The molecule has 168 valence electrons. The van der Waals surface area contributed by atoms with Gasteiger partial charge in [-0.3, -0.25) is 4.79 Å². The molecule has 5 heterocycles. The van der Waals surface area contributed by atoms with Gasteiger partial charge in [0.1, 0.15) is 22.9 Å². The van der Waals surface area contributed by atoms with Crippen LogP contribution in [0.3, 0.4) is 0 Å². The van der Waals surface area contributed by atoms with Crippen molar-refractivity contribution in [1.82, 2.24) is 29.3 Å². The maximum Gasteiger partial charge on any atom is 0.292 e. The van der Waals surface area contributed by atoms with Crippen LogP contribution in [0.1, 0.15) is 47.3 Å². The molecule has 0 radical (unpaired) electrons. The van der Waals surface area contributed by atoms with E-state index >= 15 is 0 Å². The lowest BCUT2D eigenvalue weighted by molar-refractivity contribution is 0.0998. The van der Waals surface area contributed by atoms with Gasteiger partial charge in [0.2, 0.25) is 0 Å². The number of pyridine rings is 1. The predicted molar refractivity (Wildman–Crippen MR) is 125 cm³/mol. The zero-order chi connectivity index (χ0) is 22.6. The van der Waals surface area contributed by atoms with Crippen LogP contribution >= 0.6 is 0 Å². The van der Waals surface area contributed by atoms with Crippen molar-refractivity contribution in [3.05, 3.63) is 72.3 Å². The average Bonchev–Trinajstić information content (AvgIpc) is 3.25. The summed E-state index contributed by atoms with van der Waals surface area (Å²) in [6.45, 7) is 0.885. The first kappa shape index (κ1) is 19.2. The van der Waals surface area contributed by atoms with E-state index in [1.54, 1.807) is 12.1 Å². The lowest BCUT2D eigenvalue weighted by Crippen LogP contribution is -2.12. The van der Waals surface area contributed by atoms with Gasteiger partial charge in [-0.25, -0.2) is 9.97 Å². The fourth-order valence-corrected chi connectivity index (χ4v) is 4.59. The van der Waals surface area contributed by atoms with Gasteiger partial charge >= 0.3 is 0 Å². The minimum atomic E-state index is -0.359. The van der Waals surface area contributed by atoms with Gasteiger partial charge < -0.3 is 18.9 Å². The van der Waals surface area contributed by atoms with Crippen molar-refractivity contribution in [3.63, 3.8) is 0 Å². The van der Waals surface area contributed by atoms with E-state index in [4.69, 9.17) is 4.42 Å². The van der Waals surface area contributed by atoms with E-state index in [0.717, 1.165) is 47.8 Å². The highest BCUT2D eigenvalue weighted by molar-refractivity contribution is 6.05. The van der Waals surface area contributed by atoms with Crippen LogP contribution in [-0.4, -0.2) is 35.2 Å². The van der Waals surface area contributed by atoms with E-state index in [2.05, 4.69) is 36.2 Å². The Hall–Kier alpha value is -4.27. The molecule has 0 atom stereocenters. The molecule has 4 aromatic heterocycles. The van der Waals surface area contributed by atoms with E-state index in [-0.39, 0.29) is 11.7 Å². The summed E-state index contributed by atoms with van der Waals surface area (Å²) in [6, 6.07) is 13.0. The number of carbonyl (C=O) groups excluding carboxylic acids is 1. The van der Waals surface area contributed by atoms with Gasteiger partial charge in [-0.2, -0.15) is 0 Å². The number of hydrogen-bond donors (Lipinski definition) is 1. The van der Waals surface area contributed by atoms with Gasteiger partial charge in [0.15, 0.2) is 11.6 Å². The summed E-state index contributed by atoms with van der Waals surface area (Å²) in [6.07, 6.45) is 8.28. The second-order valence-corrected chi connectivity index (χ2v) is 8.84. The maximum atomic E-state index is 13.0. The van der Waals surface area contributed by atoms with Gasteiger partial charge in [0, 0.05) is 30.5 Å². The molecule has 1 saturated carbocycles. The molecule has 1 fully saturated rings. The Morgan fingerprint density at radius 3 is 2.94 bits per heavy atom. The Kier molecular flexibility index (Phi) is 4.17. The predicted octanol–water partition coefficient (Wildman–Crippen LogP) is 4.35. The van der Waals surface area contributed by atoms with E-state index in [0.29, 0.717) is 23.0 Å². The average molecular weight is 451 g/mol. The molecule has 34 heavy (non-hydrogen) atoms. The first-order valence-corrected chi connectivity index (χ1v) is 11.5. The molecule has 0 spiro atoms. The van der Waals surface area contributed by atoms with Crippen LogP contribution in [0.5, 0.6) is 0 Å². The number of fused-ring (bicyclic) bond motifs is 2. The first-order valence-electron chi connectivity index (χ1n) is 11.5. The molecule has 1 N–H and O–H groups in total. The van der Waals surface area contributed by atoms with Crippen molar-refractivity contribution in [2.75, 3.05) is 5.32 Å². The molecule has 9 nitrogen and oxygen atoms in total. The molecule has 1 aliphatic heterocycles. The summed E-state index contributed by atoms with van der Waals surface area (Å²) >= 11 is 0. The van der Waals surface area contributed by atoms with Crippen molar-refractivity contribution < 1.29 is 9.21 Å². The van der Waals surface area contributed by atoms with E-state index in [1.807, 2.05) is 41.2 Å². The highest BCUT2D eigenvalue weighted by atomic mass is 16.3. The lowest BCUT2D eigenvalue weighted by Gasteiger charge is -2.06. The number of anilines is 1. The Bertz CT molecular complexity index is 1560. The molecule has 0 saturated heterocycles. The van der Waals surface area contributed by atoms with Crippen molar-refractivity contribution in [2.45, 2.75) is 38.1 Å². The lowest BCUT2D eigenvalue weighted by atomic mass is 10.2. The summed E-state index contributed by atoms with van der Waals surface area (Å²) < 4.78 is 9.97. The third-order valence-corrected chi connectivity index (χ3v) is 6.47. The molecule has 0 bridgehead atoms. The number of benzene rings is 1. The molecule has 0 unspecified atom stereocenters.